The Kier molecular flexibility index (Phi) is 5.38. The summed E-state index contributed by atoms with van der Waals surface area (Å²) in [5.74, 6) is 1.75. The van der Waals surface area contributed by atoms with E-state index in [2.05, 4.69) is 12.2 Å². The van der Waals surface area contributed by atoms with E-state index >= 15 is 0 Å². The van der Waals surface area contributed by atoms with Crippen molar-refractivity contribution >= 4 is 17.5 Å². The molecular weight excluding hydrogens is 304 g/mol. The average Bonchev–Trinajstić information content (AvgIpc) is 2.58. The number of hydrogen-bond acceptors (Lipinski definition) is 3. The molecule has 0 bridgehead atoms. The lowest BCUT2D eigenvalue weighted by molar-refractivity contribution is -0.133. The predicted octanol–water partition coefficient (Wildman–Crippen LogP) is 2.99. The Morgan fingerprint density at radius 3 is 3.08 bits per heavy atom. The van der Waals surface area contributed by atoms with Gasteiger partial charge in [-0.1, -0.05) is 6.92 Å². The fraction of sp³-hybridized carbons (Fsp3) is 0.579. The highest BCUT2D eigenvalue weighted by Crippen LogP contribution is 2.27. The summed E-state index contributed by atoms with van der Waals surface area (Å²) in [5.41, 5.74) is 2.00. The molecule has 0 radical (unpaired) electrons. The number of nitrogens with zero attached hydrogens (tertiary/aromatic N) is 1. The third-order valence-electron chi connectivity index (χ3n) is 4.79. The minimum atomic E-state index is 0.0710. The van der Waals surface area contributed by atoms with Gasteiger partial charge in [-0.2, -0.15) is 0 Å². The van der Waals surface area contributed by atoms with Crippen LogP contribution in [0.4, 0.5) is 5.69 Å². The van der Waals surface area contributed by atoms with Crippen LogP contribution >= 0.6 is 0 Å². The number of likely N-dealkylation sites (tertiary alicyclic amines) is 1. The molecule has 2 heterocycles. The molecule has 5 heteroatoms. The second-order valence-corrected chi connectivity index (χ2v) is 6.91. The lowest BCUT2D eigenvalue weighted by Gasteiger charge is -2.31. The van der Waals surface area contributed by atoms with Crippen molar-refractivity contribution < 1.29 is 14.3 Å². The summed E-state index contributed by atoms with van der Waals surface area (Å²) in [6.45, 7) is 4.55. The Bertz CT molecular complexity index is 615. The van der Waals surface area contributed by atoms with E-state index in [0.29, 0.717) is 25.4 Å². The van der Waals surface area contributed by atoms with Crippen molar-refractivity contribution in [2.24, 2.45) is 5.92 Å². The summed E-state index contributed by atoms with van der Waals surface area (Å²) in [6.07, 6.45) is 4.91. The van der Waals surface area contributed by atoms with Crippen LogP contribution in [0.2, 0.25) is 0 Å². The maximum atomic E-state index is 12.2. The molecule has 2 amide bonds. The van der Waals surface area contributed by atoms with E-state index in [-0.39, 0.29) is 11.8 Å². The van der Waals surface area contributed by atoms with Crippen molar-refractivity contribution in [3.63, 3.8) is 0 Å². The van der Waals surface area contributed by atoms with Gasteiger partial charge in [0.05, 0.1) is 6.61 Å². The number of nitrogens with one attached hydrogen (secondary N) is 1. The van der Waals surface area contributed by atoms with Crippen molar-refractivity contribution in [1.82, 2.24) is 4.90 Å². The summed E-state index contributed by atoms with van der Waals surface area (Å²) < 4.78 is 5.77. The van der Waals surface area contributed by atoms with Gasteiger partial charge in [-0.25, -0.2) is 0 Å². The Balaban J connectivity index is 1.42. The van der Waals surface area contributed by atoms with Crippen LogP contribution < -0.4 is 10.1 Å². The maximum Gasteiger partial charge on any atom is 0.224 e. The summed E-state index contributed by atoms with van der Waals surface area (Å²) >= 11 is 0. The number of carbonyl (C=O) groups excluding carboxylic acids is 2. The number of amides is 2. The van der Waals surface area contributed by atoms with Gasteiger partial charge in [0.1, 0.15) is 5.75 Å². The highest BCUT2D eigenvalue weighted by atomic mass is 16.5. The first-order valence-electron chi connectivity index (χ1n) is 8.95. The van der Waals surface area contributed by atoms with E-state index in [1.54, 1.807) is 0 Å². The van der Waals surface area contributed by atoms with Crippen LogP contribution in [0.15, 0.2) is 18.2 Å². The Labute approximate surface area is 143 Å². The van der Waals surface area contributed by atoms with E-state index in [1.165, 1.54) is 6.42 Å². The fourth-order valence-corrected chi connectivity index (χ4v) is 3.44. The molecular formula is C19H26N2O3. The van der Waals surface area contributed by atoms with Gasteiger partial charge in [-0.3, -0.25) is 9.59 Å². The van der Waals surface area contributed by atoms with E-state index < -0.39 is 0 Å². The summed E-state index contributed by atoms with van der Waals surface area (Å²) in [6, 6.07) is 5.75. The topological polar surface area (TPSA) is 58.6 Å². The van der Waals surface area contributed by atoms with Crippen molar-refractivity contribution in [3.05, 3.63) is 23.8 Å². The second kappa shape index (κ2) is 7.69. The molecule has 2 aliphatic heterocycles. The number of ether oxygens (including phenoxy) is 1. The highest BCUT2D eigenvalue weighted by molar-refractivity contribution is 5.94. The molecule has 0 aromatic heterocycles. The minimum absolute atomic E-state index is 0.0710. The zero-order chi connectivity index (χ0) is 16.9. The molecule has 1 aromatic carbocycles. The zero-order valence-electron chi connectivity index (χ0n) is 14.3. The number of anilines is 1. The number of carbonyl (C=O) groups is 2. The molecule has 24 heavy (non-hydrogen) atoms. The van der Waals surface area contributed by atoms with E-state index in [4.69, 9.17) is 4.74 Å². The normalized spacial score (nSPS) is 20.3. The van der Waals surface area contributed by atoms with Crippen LogP contribution in [-0.4, -0.2) is 36.4 Å². The van der Waals surface area contributed by atoms with Crippen LogP contribution in [0.5, 0.6) is 5.75 Å². The molecule has 1 atom stereocenters. The highest BCUT2D eigenvalue weighted by Gasteiger charge is 2.20. The summed E-state index contributed by atoms with van der Waals surface area (Å²) in [7, 11) is 0. The van der Waals surface area contributed by atoms with Crippen LogP contribution in [-0.2, 0) is 16.0 Å². The Morgan fingerprint density at radius 2 is 2.25 bits per heavy atom. The number of fused-ring (bicyclic) bond motifs is 1. The molecule has 1 fully saturated rings. The monoisotopic (exact) mass is 330 g/mol. The average molecular weight is 330 g/mol. The molecule has 0 saturated carbocycles. The SMILES string of the molecule is CC1CCCN(C(=O)CCCOc2ccc3c(c2)CCC(=O)N3)C1. The lowest BCUT2D eigenvalue weighted by Crippen LogP contribution is -2.39. The molecule has 2 aliphatic rings. The van der Waals surface area contributed by atoms with Gasteiger partial charge in [0, 0.05) is 31.6 Å². The predicted molar refractivity (Wildman–Crippen MR) is 93.1 cm³/mol. The van der Waals surface area contributed by atoms with E-state index in [9.17, 15) is 9.59 Å². The van der Waals surface area contributed by atoms with E-state index in [0.717, 1.165) is 49.4 Å². The van der Waals surface area contributed by atoms with Crippen molar-refractivity contribution in [2.75, 3.05) is 25.0 Å². The summed E-state index contributed by atoms with van der Waals surface area (Å²) in [5, 5.41) is 2.86. The minimum Gasteiger partial charge on any atom is -0.494 e. The van der Waals surface area contributed by atoms with Crippen molar-refractivity contribution in [1.29, 1.82) is 0 Å². The maximum absolute atomic E-state index is 12.2. The third-order valence-corrected chi connectivity index (χ3v) is 4.79. The largest absolute Gasteiger partial charge is 0.494 e. The first kappa shape index (κ1) is 16.8. The number of hydrogen-bond donors (Lipinski definition) is 1. The van der Waals surface area contributed by atoms with Gasteiger partial charge in [0.15, 0.2) is 0 Å². The van der Waals surface area contributed by atoms with Crippen molar-refractivity contribution in [2.45, 2.75) is 45.4 Å². The number of rotatable bonds is 5. The second-order valence-electron chi connectivity index (χ2n) is 6.91. The quantitative estimate of drug-likeness (QED) is 0.844. The van der Waals surface area contributed by atoms with Gasteiger partial charge in [-0.15, -0.1) is 0 Å². The first-order chi connectivity index (χ1) is 11.6. The Morgan fingerprint density at radius 1 is 1.38 bits per heavy atom. The van der Waals surface area contributed by atoms with Crippen LogP contribution in [0.1, 0.15) is 44.6 Å². The smallest absolute Gasteiger partial charge is 0.224 e. The number of aryl methyl sites for hydroxylation is 1. The van der Waals surface area contributed by atoms with Crippen LogP contribution in [0.25, 0.3) is 0 Å². The standard InChI is InChI=1S/C19H26N2O3/c1-14-4-2-10-21(13-14)19(23)5-3-11-24-16-7-8-17-15(12-16)6-9-18(22)20-17/h7-8,12,14H,2-6,9-11,13H2,1H3,(H,20,22). The number of benzene rings is 1. The molecule has 1 saturated heterocycles. The molecule has 1 N–H and O–H groups in total. The summed E-state index contributed by atoms with van der Waals surface area (Å²) in [4.78, 5) is 25.6. The van der Waals surface area contributed by atoms with Gasteiger partial charge < -0.3 is 15.0 Å². The van der Waals surface area contributed by atoms with Crippen LogP contribution in [0.3, 0.4) is 0 Å². The number of piperidine rings is 1. The zero-order valence-corrected chi connectivity index (χ0v) is 14.3. The first-order valence-corrected chi connectivity index (χ1v) is 8.95. The van der Waals surface area contributed by atoms with E-state index in [1.807, 2.05) is 23.1 Å². The lowest BCUT2D eigenvalue weighted by atomic mass is 10.00. The molecule has 0 aliphatic carbocycles. The molecule has 130 valence electrons. The van der Waals surface area contributed by atoms with Gasteiger partial charge in [0.2, 0.25) is 11.8 Å². The van der Waals surface area contributed by atoms with Gasteiger partial charge in [0.25, 0.3) is 0 Å². The molecule has 1 aromatic rings. The third kappa shape index (κ3) is 4.28. The van der Waals surface area contributed by atoms with Gasteiger partial charge >= 0.3 is 0 Å². The molecule has 1 unspecified atom stereocenters. The molecule has 0 spiro atoms. The Hall–Kier alpha value is -2.04. The van der Waals surface area contributed by atoms with Crippen LogP contribution in [0, 0.1) is 5.92 Å². The van der Waals surface area contributed by atoms with Gasteiger partial charge in [-0.05, 0) is 55.4 Å². The fourth-order valence-electron chi connectivity index (χ4n) is 3.44. The molecule has 3 rings (SSSR count). The van der Waals surface area contributed by atoms with Crippen molar-refractivity contribution in [3.8, 4) is 5.75 Å². The molecule has 5 nitrogen and oxygen atoms in total.